The predicted molar refractivity (Wildman–Crippen MR) is 116 cm³/mol. The van der Waals surface area contributed by atoms with E-state index in [-0.39, 0.29) is 52.3 Å². The summed E-state index contributed by atoms with van der Waals surface area (Å²) in [5.41, 5.74) is -1.57. The summed E-state index contributed by atoms with van der Waals surface area (Å²) >= 11 is 0. The SMILES string of the molecule is COc1ccccc1-c1c(C(F)(F)F)oc2c(C[NH+]3C[C@@H](C)O[C@@H](C)C3)c(O)ccc2c1=O. The second-order valence-electron chi connectivity index (χ2n) is 8.37. The zero-order valence-corrected chi connectivity index (χ0v) is 18.5. The van der Waals surface area contributed by atoms with E-state index in [1.165, 1.54) is 37.4 Å². The first kappa shape index (κ1) is 23.1. The summed E-state index contributed by atoms with van der Waals surface area (Å²) in [7, 11) is 1.32. The molecule has 1 aliphatic rings. The first-order chi connectivity index (χ1) is 15.6. The lowest BCUT2D eigenvalue weighted by atomic mass is 9.99. The highest BCUT2D eigenvalue weighted by molar-refractivity contribution is 5.87. The molecule has 0 amide bonds. The van der Waals surface area contributed by atoms with Crippen molar-refractivity contribution in [1.82, 2.24) is 0 Å². The second-order valence-corrected chi connectivity index (χ2v) is 8.37. The number of quaternary nitrogens is 1. The van der Waals surface area contributed by atoms with E-state index in [0.29, 0.717) is 13.1 Å². The van der Waals surface area contributed by atoms with E-state index in [1.807, 2.05) is 13.8 Å². The van der Waals surface area contributed by atoms with Gasteiger partial charge in [-0.3, -0.25) is 4.79 Å². The maximum Gasteiger partial charge on any atom is 0.450 e. The van der Waals surface area contributed by atoms with Gasteiger partial charge in [0.15, 0.2) is 5.58 Å². The number of aromatic hydroxyl groups is 1. The van der Waals surface area contributed by atoms with Gasteiger partial charge >= 0.3 is 6.18 Å². The number of phenols is 1. The molecule has 0 spiro atoms. The predicted octanol–water partition coefficient (Wildman–Crippen LogP) is 3.39. The van der Waals surface area contributed by atoms with Crippen LogP contribution in [-0.4, -0.2) is 37.5 Å². The van der Waals surface area contributed by atoms with Crippen molar-refractivity contribution in [1.29, 1.82) is 0 Å². The number of alkyl halides is 3. The van der Waals surface area contributed by atoms with Gasteiger partial charge in [-0.2, -0.15) is 13.2 Å². The van der Waals surface area contributed by atoms with Gasteiger partial charge in [0.2, 0.25) is 11.2 Å². The molecule has 2 N–H and O–H groups in total. The number of rotatable bonds is 4. The number of phenolic OH excluding ortho intramolecular Hbond substituents is 1. The Morgan fingerprint density at radius 1 is 1.12 bits per heavy atom. The highest BCUT2D eigenvalue weighted by Crippen LogP contribution is 2.41. The Bertz CT molecular complexity index is 1230. The molecule has 0 saturated carbocycles. The molecule has 2 heterocycles. The lowest BCUT2D eigenvalue weighted by Crippen LogP contribution is -3.14. The van der Waals surface area contributed by atoms with Gasteiger partial charge in [-0.05, 0) is 32.0 Å². The van der Waals surface area contributed by atoms with E-state index in [0.717, 1.165) is 4.90 Å². The summed E-state index contributed by atoms with van der Waals surface area (Å²) < 4.78 is 58.7. The Kier molecular flexibility index (Phi) is 6.11. The van der Waals surface area contributed by atoms with E-state index in [1.54, 1.807) is 6.07 Å². The Balaban J connectivity index is 1.96. The van der Waals surface area contributed by atoms with Gasteiger partial charge < -0.3 is 23.9 Å². The van der Waals surface area contributed by atoms with E-state index in [4.69, 9.17) is 13.9 Å². The number of para-hydroxylation sites is 1. The maximum absolute atomic E-state index is 14.1. The van der Waals surface area contributed by atoms with Crippen molar-refractivity contribution in [3.8, 4) is 22.6 Å². The van der Waals surface area contributed by atoms with Gasteiger partial charge in [0.05, 0.1) is 23.6 Å². The zero-order chi connectivity index (χ0) is 23.9. The molecular weight excluding hydrogens is 439 g/mol. The van der Waals surface area contributed by atoms with Crippen LogP contribution in [0.25, 0.3) is 22.1 Å². The third kappa shape index (κ3) is 4.43. The Morgan fingerprint density at radius 2 is 1.79 bits per heavy atom. The van der Waals surface area contributed by atoms with Crippen LogP contribution < -0.4 is 15.1 Å². The molecule has 1 saturated heterocycles. The van der Waals surface area contributed by atoms with E-state index >= 15 is 0 Å². The Hall–Kier alpha value is -3.04. The molecule has 0 radical (unpaired) electrons. The van der Waals surface area contributed by atoms with Crippen LogP contribution in [0.1, 0.15) is 25.2 Å². The second kappa shape index (κ2) is 8.72. The van der Waals surface area contributed by atoms with Gasteiger partial charge in [0.25, 0.3) is 0 Å². The highest BCUT2D eigenvalue weighted by Gasteiger charge is 2.40. The van der Waals surface area contributed by atoms with Crippen LogP contribution in [-0.2, 0) is 17.5 Å². The van der Waals surface area contributed by atoms with Gasteiger partial charge in [-0.25, -0.2) is 0 Å². The lowest BCUT2D eigenvalue weighted by molar-refractivity contribution is -0.928. The van der Waals surface area contributed by atoms with Crippen molar-refractivity contribution in [3.05, 3.63) is 57.9 Å². The average Bonchev–Trinajstić information content (AvgIpc) is 2.74. The molecule has 4 rings (SSSR count). The number of ether oxygens (including phenoxy) is 2. The highest BCUT2D eigenvalue weighted by atomic mass is 19.4. The summed E-state index contributed by atoms with van der Waals surface area (Å²) in [6.45, 7) is 5.24. The van der Waals surface area contributed by atoms with Crippen molar-refractivity contribution in [2.75, 3.05) is 20.2 Å². The molecule has 9 heteroatoms. The molecule has 176 valence electrons. The minimum Gasteiger partial charge on any atom is -0.507 e. The van der Waals surface area contributed by atoms with Crippen molar-refractivity contribution in [2.45, 2.75) is 38.8 Å². The van der Waals surface area contributed by atoms with Crippen LogP contribution in [0.5, 0.6) is 11.5 Å². The summed E-state index contributed by atoms with van der Waals surface area (Å²) in [5, 5.41) is 10.5. The number of hydrogen-bond acceptors (Lipinski definition) is 5. The van der Waals surface area contributed by atoms with E-state index in [9.17, 15) is 23.1 Å². The molecule has 1 aliphatic heterocycles. The van der Waals surface area contributed by atoms with Crippen LogP contribution >= 0.6 is 0 Å². The lowest BCUT2D eigenvalue weighted by Gasteiger charge is -2.32. The molecule has 0 aliphatic carbocycles. The third-order valence-electron chi connectivity index (χ3n) is 5.82. The van der Waals surface area contributed by atoms with Gasteiger partial charge in [-0.1, -0.05) is 18.2 Å². The Labute approximate surface area is 188 Å². The molecule has 6 nitrogen and oxygen atoms in total. The fourth-order valence-electron chi connectivity index (χ4n) is 4.55. The number of morpholine rings is 1. The zero-order valence-electron chi connectivity index (χ0n) is 18.5. The number of methoxy groups -OCH3 is 1. The fraction of sp³-hybridized carbons (Fsp3) is 0.375. The molecule has 0 bridgehead atoms. The number of halogens is 3. The van der Waals surface area contributed by atoms with Crippen molar-refractivity contribution >= 4 is 11.0 Å². The van der Waals surface area contributed by atoms with Crippen LogP contribution in [0.2, 0.25) is 0 Å². The molecular formula is C24H25F3NO5+. The van der Waals surface area contributed by atoms with Crippen molar-refractivity contribution in [3.63, 3.8) is 0 Å². The van der Waals surface area contributed by atoms with Crippen molar-refractivity contribution < 1.29 is 37.1 Å². The van der Waals surface area contributed by atoms with Gasteiger partial charge in [0, 0.05) is 5.56 Å². The topological polar surface area (TPSA) is 73.3 Å². The smallest absolute Gasteiger partial charge is 0.450 e. The fourth-order valence-corrected chi connectivity index (χ4v) is 4.55. The normalized spacial score (nSPS) is 21.3. The molecule has 33 heavy (non-hydrogen) atoms. The molecule has 3 aromatic rings. The molecule has 3 atom stereocenters. The number of nitrogens with one attached hydrogen (secondary N) is 1. The monoisotopic (exact) mass is 464 g/mol. The van der Waals surface area contributed by atoms with E-state index in [2.05, 4.69) is 0 Å². The van der Waals surface area contributed by atoms with Crippen molar-refractivity contribution in [2.24, 2.45) is 0 Å². The first-order valence-electron chi connectivity index (χ1n) is 10.6. The van der Waals surface area contributed by atoms with Crippen LogP contribution in [0, 0.1) is 0 Å². The first-order valence-corrected chi connectivity index (χ1v) is 10.6. The van der Waals surface area contributed by atoms with Gasteiger partial charge in [0.1, 0.15) is 43.3 Å². The van der Waals surface area contributed by atoms with Crippen LogP contribution in [0.4, 0.5) is 13.2 Å². The minimum atomic E-state index is -4.94. The van der Waals surface area contributed by atoms with Gasteiger partial charge in [-0.15, -0.1) is 0 Å². The quantitative estimate of drug-likeness (QED) is 0.620. The average molecular weight is 464 g/mol. The molecule has 1 unspecified atom stereocenters. The number of fused-ring (bicyclic) bond motifs is 1. The summed E-state index contributed by atoms with van der Waals surface area (Å²) in [5.74, 6) is -1.52. The maximum atomic E-state index is 14.1. The third-order valence-corrected chi connectivity index (χ3v) is 5.82. The summed E-state index contributed by atoms with van der Waals surface area (Å²) in [4.78, 5) is 14.4. The standard InChI is InChI=1S/C24H24F3NO5/c1-13-10-28(11-14(2)32-13)12-17-18(29)9-8-16-21(30)20(15-6-4-5-7-19(15)31-3)23(24(25,26)27)33-22(16)17/h4-9,13-14,29H,10-12H2,1-3H3/p+1/t13-,14+. The number of hydrogen-bond donors (Lipinski definition) is 2. The number of benzene rings is 2. The van der Waals surface area contributed by atoms with Crippen LogP contribution in [0.3, 0.4) is 0 Å². The minimum absolute atomic E-state index is 0.0148. The largest absolute Gasteiger partial charge is 0.507 e. The molecule has 2 aromatic carbocycles. The molecule has 1 fully saturated rings. The van der Waals surface area contributed by atoms with E-state index < -0.39 is 22.9 Å². The molecule has 1 aromatic heterocycles. The van der Waals surface area contributed by atoms with Crippen LogP contribution in [0.15, 0.2) is 45.6 Å². The summed E-state index contributed by atoms with van der Waals surface area (Å²) in [6, 6.07) is 8.59. The summed E-state index contributed by atoms with van der Waals surface area (Å²) in [6.07, 6.45) is -5.03. The Morgan fingerprint density at radius 3 is 2.42 bits per heavy atom.